The van der Waals surface area contributed by atoms with Gasteiger partial charge in [-0.25, -0.2) is 13.9 Å². The van der Waals surface area contributed by atoms with E-state index in [-0.39, 0.29) is 12.4 Å². The monoisotopic (exact) mass is 367 g/mol. The lowest BCUT2D eigenvalue weighted by atomic mass is 10.2. The second-order valence-electron chi connectivity index (χ2n) is 5.71. The maximum Gasteiger partial charge on any atom is 0.338 e. The highest BCUT2D eigenvalue weighted by atomic mass is 19.1. The van der Waals surface area contributed by atoms with Gasteiger partial charge in [0.25, 0.3) is 0 Å². The smallest absolute Gasteiger partial charge is 0.338 e. The number of fused-ring (bicyclic) bond motifs is 1. The summed E-state index contributed by atoms with van der Waals surface area (Å²) in [6.07, 6.45) is 1.65. The summed E-state index contributed by atoms with van der Waals surface area (Å²) in [6.45, 7) is 0.147. The predicted molar refractivity (Wildman–Crippen MR) is 94.7 cm³/mol. The third-order valence-electron chi connectivity index (χ3n) is 3.92. The van der Waals surface area contributed by atoms with E-state index in [0.717, 1.165) is 0 Å². The van der Waals surface area contributed by atoms with Crippen LogP contribution in [-0.4, -0.2) is 22.1 Å². The van der Waals surface area contributed by atoms with Crippen molar-refractivity contribution >= 4 is 11.0 Å². The Morgan fingerprint density at radius 1 is 1.11 bits per heavy atom. The molecule has 4 rings (SSSR count). The van der Waals surface area contributed by atoms with Crippen molar-refractivity contribution in [2.24, 2.45) is 0 Å². The number of aromatic nitrogens is 3. The average Bonchev–Trinajstić information content (AvgIpc) is 3.15. The van der Waals surface area contributed by atoms with Gasteiger partial charge in [0.1, 0.15) is 35.2 Å². The fraction of sp³-hybridized carbons (Fsp3) is 0.105. The molecule has 2 aromatic carbocycles. The molecule has 4 aromatic rings. The van der Waals surface area contributed by atoms with Gasteiger partial charge >= 0.3 is 5.63 Å². The van der Waals surface area contributed by atoms with Crippen molar-refractivity contribution in [1.82, 2.24) is 15.0 Å². The van der Waals surface area contributed by atoms with Crippen LogP contribution in [-0.2, 0) is 6.61 Å². The van der Waals surface area contributed by atoms with Gasteiger partial charge in [0.15, 0.2) is 0 Å². The van der Waals surface area contributed by atoms with Gasteiger partial charge in [0.2, 0.25) is 0 Å². The van der Waals surface area contributed by atoms with Crippen molar-refractivity contribution in [3.05, 3.63) is 76.7 Å². The standard InChI is InChI=1S/C19H14FN3O4/c1-25-15-6-7-18-16(8-15)17(9-19(24)27-18)23-10-13(21-22-23)11-26-14-4-2-12(20)3-5-14/h2-10H,11H2,1H3. The normalized spacial score (nSPS) is 10.9. The molecule has 0 radical (unpaired) electrons. The third-order valence-corrected chi connectivity index (χ3v) is 3.92. The summed E-state index contributed by atoms with van der Waals surface area (Å²) in [7, 11) is 1.56. The van der Waals surface area contributed by atoms with Gasteiger partial charge in [-0.1, -0.05) is 5.21 Å². The Hall–Kier alpha value is -3.68. The minimum atomic E-state index is -0.498. The fourth-order valence-corrected chi connectivity index (χ4v) is 2.61. The number of methoxy groups -OCH3 is 1. The molecule has 0 amide bonds. The molecule has 0 unspecified atom stereocenters. The van der Waals surface area contributed by atoms with Crippen LogP contribution in [0, 0.1) is 5.82 Å². The van der Waals surface area contributed by atoms with Crippen LogP contribution in [0.3, 0.4) is 0 Å². The number of halogens is 1. The number of benzene rings is 2. The van der Waals surface area contributed by atoms with Gasteiger partial charge in [-0.2, -0.15) is 0 Å². The number of hydrogen-bond donors (Lipinski definition) is 0. The highest BCUT2D eigenvalue weighted by molar-refractivity contribution is 5.86. The van der Waals surface area contributed by atoms with E-state index < -0.39 is 5.63 Å². The third kappa shape index (κ3) is 3.50. The quantitative estimate of drug-likeness (QED) is 0.504. The van der Waals surface area contributed by atoms with Gasteiger partial charge in [-0.05, 0) is 42.5 Å². The van der Waals surface area contributed by atoms with E-state index >= 15 is 0 Å². The molecular formula is C19H14FN3O4. The van der Waals surface area contributed by atoms with E-state index in [4.69, 9.17) is 13.9 Å². The maximum atomic E-state index is 12.9. The first kappa shape index (κ1) is 16.8. The van der Waals surface area contributed by atoms with E-state index in [2.05, 4.69) is 10.3 Å². The Morgan fingerprint density at radius 2 is 1.89 bits per heavy atom. The van der Waals surface area contributed by atoms with Crippen molar-refractivity contribution in [2.45, 2.75) is 6.61 Å². The maximum absolute atomic E-state index is 12.9. The first-order valence-electron chi connectivity index (χ1n) is 8.04. The Bertz CT molecular complexity index is 1150. The van der Waals surface area contributed by atoms with Crippen molar-refractivity contribution in [3.8, 4) is 17.2 Å². The highest BCUT2D eigenvalue weighted by Crippen LogP contribution is 2.25. The van der Waals surface area contributed by atoms with Crippen molar-refractivity contribution < 1.29 is 18.3 Å². The average molecular weight is 367 g/mol. The Labute approximate surface area is 152 Å². The van der Waals surface area contributed by atoms with Crippen LogP contribution in [0.15, 0.2) is 63.9 Å². The van der Waals surface area contributed by atoms with E-state index in [0.29, 0.717) is 33.8 Å². The molecule has 0 saturated carbocycles. The van der Waals surface area contributed by atoms with Crippen LogP contribution in [0.5, 0.6) is 11.5 Å². The van der Waals surface area contributed by atoms with Gasteiger partial charge in [0, 0.05) is 5.39 Å². The molecule has 0 aliphatic heterocycles. The lowest BCUT2D eigenvalue weighted by Gasteiger charge is -2.06. The zero-order valence-corrected chi connectivity index (χ0v) is 14.3. The zero-order valence-electron chi connectivity index (χ0n) is 14.3. The Kier molecular flexibility index (Phi) is 4.29. The lowest BCUT2D eigenvalue weighted by Crippen LogP contribution is -2.04. The van der Waals surface area contributed by atoms with Gasteiger partial charge < -0.3 is 13.9 Å². The van der Waals surface area contributed by atoms with Crippen LogP contribution in [0.25, 0.3) is 16.7 Å². The van der Waals surface area contributed by atoms with E-state index in [1.54, 1.807) is 31.5 Å². The minimum Gasteiger partial charge on any atom is -0.497 e. The summed E-state index contributed by atoms with van der Waals surface area (Å²) in [6, 6.07) is 12.1. The Morgan fingerprint density at radius 3 is 2.67 bits per heavy atom. The topological polar surface area (TPSA) is 79.4 Å². The summed E-state index contributed by atoms with van der Waals surface area (Å²) < 4.78 is 30.4. The minimum absolute atomic E-state index is 0.147. The molecule has 2 heterocycles. The molecule has 8 heteroatoms. The predicted octanol–water partition coefficient (Wildman–Crippen LogP) is 3.10. The summed E-state index contributed by atoms with van der Waals surface area (Å²) in [5.41, 5.74) is 0.976. The number of nitrogens with zero attached hydrogens (tertiary/aromatic N) is 3. The first-order chi connectivity index (χ1) is 13.1. The zero-order chi connectivity index (χ0) is 18.8. The molecule has 0 atom stereocenters. The summed E-state index contributed by atoms with van der Waals surface area (Å²) in [5, 5.41) is 8.78. The van der Waals surface area contributed by atoms with Crippen LogP contribution >= 0.6 is 0 Å². The molecule has 0 spiro atoms. The molecule has 0 N–H and O–H groups in total. The first-order valence-corrected chi connectivity index (χ1v) is 8.04. The highest BCUT2D eigenvalue weighted by Gasteiger charge is 2.11. The van der Waals surface area contributed by atoms with Gasteiger partial charge in [-0.3, -0.25) is 0 Å². The van der Waals surface area contributed by atoms with Crippen LogP contribution in [0.1, 0.15) is 5.69 Å². The molecule has 2 aromatic heterocycles. The molecule has 0 bridgehead atoms. The van der Waals surface area contributed by atoms with E-state index in [1.165, 1.54) is 35.0 Å². The molecule has 0 saturated heterocycles. The Balaban J connectivity index is 1.64. The number of rotatable bonds is 5. The summed E-state index contributed by atoms with van der Waals surface area (Å²) in [5.74, 6) is 0.803. The SMILES string of the molecule is COc1ccc2oc(=O)cc(-n3cc(COc4ccc(F)cc4)nn3)c2c1. The summed E-state index contributed by atoms with van der Waals surface area (Å²) >= 11 is 0. The molecule has 27 heavy (non-hydrogen) atoms. The van der Waals surface area contributed by atoms with Gasteiger partial charge in [-0.15, -0.1) is 5.10 Å². The molecule has 0 aliphatic carbocycles. The second kappa shape index (κ2) is 6.91. The van der Waals surface area contributed by atoms with Crippen molar-refractivity contribution in [2.75, 3.05) is 7.11 Å². The van der Waals surface area contributed by atoms with Gasteiger partial charge in [0.05, 0.1) is 25.1 Å². The van der Waals surface area contributed by atoms with Crippen molar-refractivity contribution in [1.29, 1.82) is 0 Å². The van der Waals surface area contributed by atoms with Crippen LogP contribution in [0.4, 0.5) is 4.39 Å². The molecule has 136 valence electrons. The fourth-order valence-electron chi connectivity index (χ4n) is 2.61. The molecule has 7 nitrogen and oxygen atoms in total. The van der Waals surface area contributed by atoms with Crippen molar-refractivity contribution in [3.63, 3.8) is 0 Å². The molecule has 0 fully saturated rings. The summed E-state index contributed by atoms with van der Waals surface area (Å²) in [4.78, 5) is 11.9. The van der Waals surface area contributed by atoms with E-state index in [1.807, 2.05) is 0 Å². The lowest BCUT2D eigenvalue weighted by molar-refractivity contribution is 0.300. The largest absolute Gasteiger partial charge is 0.497 e. The van der Waals surface area contributed by atoms with Crippen LogP contribution in [0.2, 0.25) is 0 Å². The molecular weight excluding hydrogens is 353 g/mol. The second-order valence-corrected chi connectivity index (χ2v) is 5.71. The van der Waals surface area contributed by atoms with E-state index in [9.17, 15) is 9.18 Å². The number of hydrogen-bond acceptors (Lipinski definition) is 6. The molecule has 0 aliphatic rings. The number of ether oxygens (including phenoxy) is 2. The van der Waals surface area contributed by atoms with Crippen LogP contribution < -0.4 is 15.1 Å².